The fraction of sp³-hybridized carbons (Fsp3) is 0.529. The van der Waals surface area contributed by atoms with E-state index in [0.717, 1.165) is 42.7 Å². The number of carbonyl (C=O) groups is 2. The van der Waals surface area contributed by atoms with Gasteiger partial charge in [-0.05, 0) is 31.0 Å². The highest BCUT2D eigenvalue weighted by Crippen LogP contribution is 2.33. The summed E-state index contributed by atoms with van der Waals surface area (Å²) in [5.74, 6) is -0.933. The van der Waals surface area contributed by atoms with Crippen LogP contribution in [-0.4, -0.2) is 23.9 Å². The van der Waals surface area contributed by atoms with Crippen LogP contribution in [0.3, 0.4) is 0 Å². The Morgan fingerprint density at radius 3 is 2.46 bits per heavy atom. The highest BCUT2D eigenvalue weighted by molar-refractivity contribution is 6.22. The quantitative estimate of drug-likeness (QED) is 0.859. The molecule has 0 aromatic heterocycles. The molecular formula is C17H19F3N2O2. The molecule has 1 atom stereocenters. The fourth-order valence-electron chi connectivity index (χ4n) is 3.41. The van der Waals surface area contributed by atoms with Crippen molar-refractivity contribution in [3.05, 3.63) is 29.8 Å². The van der Waals surface area contributed by atoms with Gasteiger partial charge in [-0.15, -0.1) is 0 Å². The SMILES string of the molecule is O=C1CC(NC2CCCCC2)C(=O)N1c1cccc(C(F)(F)F)c1. The van der Waals surface area contributed by atoms with E-state index in [4.69, 9.17) is 0 Å². The molecule has 1 aliphatic heterocycles. The molecule has 130 valence electrons. The second-order valence-corrected chi connectivity index (χ2v) is 6.37. The van der Waals surface area contributed by atoms with Gasteiger partial charge in [0.15, 0.2) is 0 Å². The maximum Gasteiger partial charge on any atom is 0.416 e. The van der Waals surface area contributed by atoms with Crippen LogP contribution in [0, 0.1) is 0 Å². The molecule has 7 heteroatoms. The number of alkyl halides is 3. The van der Waals surface area contributed by atoms with Gasteiger partial charge in [0.1, 0.15) is 0 Å². The first-order valence-electron chi connectivity index (χ1n) is 8.16. The van der Waals surface area contributed by atoms with Crippen molar-refractivity contribution >= 4 is 17.5 Å². The Balaban J connectivity index is 1.77. The normalized spacial score (nSPS) is 23.1. The number of nitrogens with one attached hydrogen (secondary N) is 1. The summed E-state index contributed by atoms with van der Waals surface area (Å²) in [4.78, 5) is 25.6. The molecule has 3 rings (SSSR count). The Labute approximate surface area is 138 Å². The van der Waals surface area contributed by atoms with Gasteiger partial charge >= 0.3 is 6.18 Å². The average Bonchev–Trinajstić information content (AvgIpc) is 2.82. The molecule has 24 heavy (non-hydrogen) atoms. The van der Waals surface area contributed by atoms with Crippen molar-refractivity contribution in [2.24, 2.45) is 0 Å². The lowest BCUT2D eigenvalue weighted by Gasteiger charge is -2.25. The van der Waals surface area contributed by atoms with Gasteiger partial charge in [0.2, 0.25) is 5.91 Å². The summed E-state index contributed by atoms with van der Waals surface area (Å²) < 4.78 is 38.5. The van der Waals surface area contributed by atoms with Crippen molar-refractivity contribution in [2.75, 3.05) is 4.90 Å². The van der Waals surface area contributed by atoms with Crippen molar-refractivity contribution in [3.8, 4) is 0 Å². The van der Waals surface area contributed by atoms with E-state index in [1.807, 2.05) is 0 Å². The number of hydrogen-bond acceptors (Lipinski definition) is 3. The molecule has 1 unspecified atom stereocenters. The third-order valence-electron chi connectivity index (χ3n) is 4.62. The maximum atomic E-state index is 12.8. The van der Waals surface area contributed by atoms with Crippen molar-refractivity contribution in [2.45, 2.75) is 56.8 Å². The molecule has 1 aliphatic carbocycles. The van der Waals surface area contributed by atoms with Crippen LogP contribution >= 0.6 is 0 Å². The summed E-state index contributed by atoms with van der Waals surface area (Å²) in [5.41, 5.74) is -0.892. The number of anilines is 1. The van der Waals surface area contributed by atoms with Crippen molar-refractivity contribution in [1.82, 2.24) is 5.32 Å². The summed E-state index contributed by atoms with van der Waals surface area (Å²) in [5, 5.41) is 3.21. The van der Waals surface area contributed by atoms with E-state index in [0.29, 0.717) is 0 Å². The van der Waals surface area contributed by atoms with Crippen molar-refractivity contribution in [3.63, 3.8) is 0 Å². The Morgan fingerprint density at radius 2 is 1.79 bits per heavy atom. The molecule has 0 radical (unpaired) electrons. The second kappa shape index (κ2) is 6.55. The Kier molecular flexibility index (Phi) is 4.62. The standard InChI is InChI=1S/C17H19F3N2O2/c18-17(19,20)11-5-4-8-13(9-11)22-15(23)10-14(16(22)24)21-12-6-2-1-3-7-12/h4-5,8-9,12,14,21H,1-3,6-7,10H2. The molecule has 1 N–H and O–H groups in total. The van der Waals surface area contributed by atoms with Crippen molar-refractivity contribution in [1.29, 1.82) is 0 Å². The molecule has 2 amide bonds. The van der Waals surface area contributed by atoms with E-state index in [2.05, 4.69) is 5.32 Å². The van der Waals surface area contributed by atoms with Gasteiger partial charge in [0.05, 0.1) is 23.7 Å². The number of carbonyl (C=O) groups excluding carboxylic acids is 2. The maximum absolute atomic E-state index is 12.8. The van der Waals surface area contributed by atoms with Gasteiger partial charge in [0.25, 0.3) is 5.91 Å². The molecule has 0 spiro atoms. The predicted octanol–water partition coefficient (Wildman–Crippen LogP) is 3.26. The zero-order valence-corrected chi connectivity index (χ0v) is 13.1. The number of benzene rings is 1. The first kappa shape index (κ1) is 17.0. The Bertz CT molecular complexity index is 639. The lowest BCUT2D eigenvalue weighted by atomic mass is 9.95. The smallest absolute Gasteiger partial charge is 0.303 e. The molecule has 4 nitrogen and oxygen atoms in total. The molecular weight excluding hydrogens is 321 g/mol. The van der Waals surface area contributed by atoms with E-state index < -0.39 is 29.6 Å². The van der Waals surface area contributed by atoms with Gasteiger partial charge in [-0.25, -0.2) is 4.90 Å². The van der Waals surface area contributed by atoms with Crippen LogP contribution in [0.5, 0.6) is 0 Å². The van der Waals surface area contributed by atoms with Crippen LogP contribution < -0.4 is 10.2 Å². The third kappa shape index (κ3) is 3.45. The second-order valence-electron chi connectivity index (χ2n) is 6.37. The van der Waals surface area contributed by atoms with Gasteiger partial charge in [-0.3, -0.25) is 9.59 Å². The minimum absolute atomic E-state index is 0.00835. The fourth-order valence-corrected chi connectivity index (χ4v) is 3.41. The highest BCUT2D eigenvalue weighted by atomic mass is 19.4. The number of halogens is 3. The summed E-state index contributed by atoms with van der Waals surface area (Å²) in [6.45, 7) is 0. The van der Waals surface area contributed by atoms with Gasteiger partial charge < -0.3 is 5.32 Å². The molecule has 1 aromatic carbocycles. The number of hydrogen-bond donors (Lipinski definition) is 1. The lowest BCUT2D eigenvalue weighted by molar-refractivity contribution is -0.137. The number of rotatable bonds is 3. The van der Waals surface area contributed by atoms with Gasteiger partial charge in [0, 0.05) is 6.04 Å². The van der Waals surface area contributed by atoms with Crippen LogP contribution in [0.2, 0.25) is 0 Å². The summed E-state index contributed by atoms with van der Waals surface area (Å²) in [6, 6.07) is 3.89. The van der Waals surface area contributed by atoms with Crippen molar-refractivity contribution < 1.29 is 22.8 Å². The minimum atomic E-state index is -4.51. The Morgan fingerprint density at radius 1 is 1.08 bits per heavy atom. The van der Waals surface area contributed by atoms with Gasteiger partial charge in [-0.1, -0.05) is 25.3 Å². The third-order valence-corrected chi connectivity index (χ3v) is 4.62. The summed E-state index contributed by atoms with van der Waals surface area (Å²) in [7, 11) is 0. The topological polar surface area (TPSA) is 49.4 Å². The Hall–Kier alpha value is -1.89. The molecule has 1 saturated heterocycles. The zero-order valence-electron chi connectivity index (χ0n) is 13.1. The van der Waals surface area contributed by atoms with Crippen LogP contribution in [-0.2, 0) is 15.8 Å². The molecule has 1 saturated carbocycles. The van der Waals surface area contributed by atoms with Crippen LogP contribution in [0.25, 0.3) is 0 Å². The van der Waals surface area contributed by atoms with E-state index >= 15 is 0 Å². The van der Waals surface area contributed by atoms with E-state index in [-0.39, 0.29) is 18.2 Å². The van der Waals surface area contributed by atoms with Crippen LogP contribution in [0.4, 0.5) is 18.9 Å². The largest absolute Gasteiger partial charge is 0.416 e. The monoisotopic (exact) mass is 340 g/mol. The summed E-state index contributed by atoms with van der Waals surface area (Å²) >= 11 is 0. The van der Waals surface area contributed by atoms with Crippen LogP contribution in [0.15, 0.2) is 24.3 Å². The lowest BCUT2D eigenvalue weighted by Crippen LogP contribution is -2.44. The van der Waals surface area contributed by atoms with E-state index in [9.17, 15) is 22.8 Å². The van der Waals surface area contributed by atoms with E-state index in [1.165, 1.54) is 18.6 Å². The minimum Gasteiger partial charge on any atom is -0.303 e. The number of imide groups is 1. The average molecular weight is 340 g/mol. The molecule has 1 aromatic rings. The predicted molar refractivity (Wildman–Crippen MR) is 82.4 cm³/mol. The number of amides is 2. The number of nitrogens with zero attached hydrogens (tertiary/aromatic N) is 1. The van der Waals surface area contributed by atoms with Gasteiger partial charge in [-0.2, -0.15) is 13.2 Å². The first-order chi connectivity index (χ1) is 11.4. The highest BCUT2D eigenvalue weighted by Gasteiger charge is 2.41. The summed E-state index contributed by atoms with van der Waals surface area (Å²) in [6.07, 6.45) is 0.746. The molecule has 2 fully saturated rings. The first-order valence-corrected chi connectivity index (χ1v) is 8.16. The van der Waals surface area contributed by atoms with Crippen LogP contribution in [0.1, 0.15) is 44.1 Å². The van der Waals surface area contributed by atoms with E-state index in [1.54, 1.807) is 0 Å². The molecule has 1 heterocycles. The zero-order chi connectivity index (χ0) is 17.3. The molecule has 0 bridgehead atoms. The molecule has 2 aliphatic rings.